The minimum absolute atomic E-state index is 0.118. The molecule has 16 heavy (non-hydrogen) atoms. The summed E-state index contributed by atoms with van der Waals surface area (Å²) < 4.78 is 0.118. The Morgan fingerprint density at radius 2 is 2.19 bits per heavy atom. The quantitative estimate of drug-likeness (QED) is 0.792. The monoisotopic (exact) mass is 244 g/mol. The number of carbonyl (C=O) groups is 1. The van der Waals surface area contributed by atoms with Crippen molar-refractivity contribution < 1.29 is 4.79 Å². The van der Waals surface area contributed by atoms with E-state index in [1.54, 1.807) is 11.8 Å². The molecule has 0 aromatic rings. The van der Waals surface area contributed by atoms with E-state index in [0.717, 1.165) is 32.2 Å². The Kier molecular flexibility index (Phi) is 5.12. The summed E-state index contributed by atoms with van der Waals surface area (Å²) in [6, 6.07) is 0.220. The average Bonchev–Trinajstić information content (AvgIpc) is 2.26. The number of carbonyl (C=O) groups excluding carboxylic acids is 1. The first-order valence-electron chi connectivity index (χ1n) is 6.03. The maximum Gasteiger partial charge on any atom is 0.223 e. The van der Waals surface area contributed by atoms with Crippen molar-refractivity contribution in [2.45, 2.75) is 50.3 Å². The lowest BCUT2D eigenvalue weighted by atomic mass is 9.85. The zero-order valence-corrected chi connectivity index (χ0v) is 11.4. The van der Waals surface area contributed by atoms with Gasteiger partial charge in [-0.05, 0) is 39.4 Å². The van der Waals surface area contributed by atoms with Gasteiger partial charge in [0.15, 0.2) is 0 Å². The van der Waals surface area contributed by atoms with E-state index in [0.29, 0.717) is 0 Å². The zero-order valence-electron chi connectivity index (χ0n) is 10.6. The van der Waals surface area contributed by atoms with Gasteiger partial charge in [-0.15, -0.1) is 0 Å². The number of nitrogens with one attached hydrogen (secondary N) is 1. The number of nitrogens with two attached hydrogens (primary N) is 1. The maximum absolute atomic E-state index is 11.9. The highest BCUT2D eigenvalue weighted by Gasteiger charge is 2.26. The van der Waals surface area contributed by atoms with Crippen molar-refractivity contribution in [2.24, 2.45) is 11.7 Å². The molecule has 1 aliphatic rings. The lowest BCUT2D eigenvalue weighted by Crippen LogP contribution is -2.42. The molecule has 0 radical (unpaired) electrons. The summed E-state index contributed by atoms with van der Waals surface area (Å²) in [6.07, 6.45) is 6.08. The predicted molar refractivity (Wildman–Crippen MR) is 70.5 cm³/mol. The van der Waals surface area contributed by atoms with Crippen molar-refractivity contribution >= 4 is 17.7 Å². The van der Waals surface area contributed by atoms with E-state index in [1.807, 2.05) is 0 Å². The molecule has 1 aliphatic carbocycles. The number of amides is 1. The van der Waals surface area contributed by atoms with Crippen molar-refractivity contribution in [2.75, 3.05) is 12.8 Å². The van der Waals surface area contributed by atoms with Gasteiger partial charge >= 0.3 is 0 Å². The molecule has 3 nitrogen and oxygen atoms in total. The molecule has 0 aromatic heterocycles. The molecule has 1 rings (SSSR count). The Hall–Kier alpha value is -0.220. The van der Waals surface area contributed by atoms with Crippen LogP contribution in [0.15, 0.2) is 0 Å². The third kappa shape index (κ3) is 4.34. The number of hydrogen-bond donors (Lipinski definition) is 2. The molecule has 0 heterocycles. The molecule has 0 aromatic carbocycles. The van der Waals surface area contributed by atoms with Crippen LogP contribution in [0.1, 0.15) is 39.5 Å². The fraction of sp³-hybridized carbons (Fsp3) is 0.917. The maximum atomic E-state index is 11.9. The standard InChI is InChI=1S/C12H24N2OS/c1-12(2,16-3)8-14-11(15)9-5-4-6-10(13)7-9/h9-10H,4-8,13H2,1-3H3,(H,14,15). The molecule has 4 heteroatoms. The second-order valence-electron chi connectivity index (χ2n) is 5.31. The predicted octanol–water partition coefficient (Wildman–Crippen LogP) is 1.76. The van der Waals surface area contributed by atoms with Gasteiger partial charge in [-0.1, -0.05) is 6.42 Å². The van der Waals surface area contributed by atoms with Crippen LogP contribution in [-0.4, -0.2) is 29.5 Å². The normalized spacial score (nSPS) is 26.5. The molecule has 0 saturated heterocycles. The summed E-state index contributed by atoms with van der Waals surface area (Å²) in [5.41, 5.74) is 5.89. The summed E-state index contributed by atoms with van der Waals surface area (Å²) in [6.45, 7) is 5.02. The molecule has 3 N–H and O–H groups in total. The Bertz CT molecular complexity index is 243. The SMILES string of the molecule is CSC(C)(C)CNC(=O)C1CCCC(N)C1. The Morgan fingerprint density at radius 3 is 2.75 bits per heavy atom. The van der Waals surface area contributed by atoms with E-state index in [1.165, 1.54) is 0 Å². The van der Waals surface area contributed by atoms with Gasteiger partial charge in [0.2, 0.25) is 5.91 Å². The van der Waals surface area contributed by atoms with E-state index < -0.39 is 0 Å². The molecule has 0 aliphatic heterocycles. The van der Waals surface area contributed by atoms with Crippen LogP contribution in [0.3, 0.4) is 0 Å². The first kappa shape index (κ1) is 13.8. The Labute approximate surface area is 103 Å². The van der Waals surface area contributed by atoms with E-state index in [9.17, 15) is 4.79 Å². The van der Waals surface area contributed by atoms with Crippen LogP contribution in [0.5, 0.6) is 0 Å². The van der Waals surface area contributed by atoms with E-state index >= 15 is 0 Å². The van der Waals surface area contributed by atoms with Gasteiger partial charge in [-0.2, -0.15) is 11.8 Å². The molecule has 0 spiro atoms. The molecule has 2 unspecified atom stereocenters. The molecular weight excluding hydrogens is 220 g/mol. The average molecular weight is 244 g/mol. The van der Waals surface area contributed by atoms with Gasteiger partial charge in [-0.25, -0.2) is 0 Å². The molecule has 0 bridgehead atoms. The number of rotatable bonds is 4. The molecule has 1 saturated carbocycles. The van der Waals surface area contributed by atoms with Crippen LogP contribution in [0.4, 0.5) is 0 Å². The van der Waals surface area contributed by atoms with Crippen molar-refractivity contribution in [3.8, 4) is 0 Å². The first-order chi connectivity index (χ1) is 7.44. The van der Waals surface area contributed by atoms with Crippen LogP contribution >= 0.6 is 11.8 Å². The van der Waals surface area contributed by atoms with Crippen molar-refractivity contribution in [3.05, 3.63) is 0 Å². The largest absolute Gasteiger partial charge is 0.354 e. The van der Waals surface area contributed by atoms with E-state index in [-0.39, 0.29) is 22.6 Å². The minimum Gasteiger partial charge on any atom is -0.354 e. The van der Waals surface area contributed by atoms with Crippen LogP contribution in [0.25, 0.3) is 0 Å². The second kappa shape index (κ2) is 5.92. The van der Waals surface area contributed by atoms with Gasteiger partial charge in [0.1, 0.15) is 0 Å². The zero-order chi connectivity index (χ0) is 12.2. The summed E-state index contributed by atoms with van der Waals surface area (Å²) in [5, 5.41) is 3.05. The third-order valence-electron chi connectivity index (χ3n) is 3.33. The topological polar surface area (TPSA) is 55.1 Å². The summed E-state index contributed by atoms with van der Waals surface area (Å²) in [5.74, 6) is 0.332. The Balaban J connectivity index is 2.34. The van der Waals surface area contributed by atoms with Crippen LogP contribution in [0, 0.1) is 5.92 Å². The van der Waals surface area contributed by atoms with Gasteiger partial charge in [0.25, 0.3) is 0 Å². The van der Waals surface area contributed by atoms with Crippen LogP contribution in [0.2, 0.25) is 0 Å². The number of hydrogen-bond acceptors (Lipinski definition) is 3. The summed E-state index contributed by atoms with van der Waals surface area (Å²) in [7, 11) is 0. The number of thioether (sulfide) groups is 1. The van der Waals surface area contributed by atoms with Gasteiger partial charge in [0.05, 0.1) is 0 Å². The summed E-state index contributed by atoms with van der Waals surface area (Å²) in [4.78, 5) is 11.9. The van der Waals surface area contributed by atoms with Crippen LogP contribution < -0.4 is 11.1 Å². The van der Waals surface area contributed by atoms with Crippen LogP contribution in [-0.2, 0) is 4.79 Å². The van der Waals surface area contributed by atoms with E-state index in [4.69, 9.17) is 5.73 Å². The van der Waals surface area contributed by atoms with Crippen molar-refractivity contribution in [1.82, 2.24) is 5.32 Å². The fourth-order valence-electron chi connectivity index (χ4n) is 1.98. The summed E-state index contributed by atoms with van der Waals surface area (Å²) >= 11 is 1.78. The smallest absolute Gasteiger partial charge is 0.223 e. The third-order valence-corrected chi connectivity index (χ3v) is 4.58. The van der Waals surface area contributed by atoms with Gasteiger partial charge < -0.3 is 11.1 Å². The lowest BCUT2D eigenvalue weighted by molar-refractivity contribution is -0.126. The van der Waals surface area contributed by atoms with E-state index in [2.05, 4.69) is 25.4 Å². The second-order valence-corrected chi connectivity index (χ2v) is 6.82. The highest BCUT2D eigenvalue weighted by molar-refractivity contribution is 7.99. The highest BCUT2D eigenvalue weighted by Crippen LogP contribution is 2.24. The molecule has 1 amide bonds. The van der Waals surface area contributed by atoms with Gasteiger partial charge in [-0.3, -0.25) is 4.79 Å². The molecule has 2 atom stereocenters. The molecule has 94 valence electrons. The van der Waals surface area contributed by atoms with Crippen molar-refractivity contribution in [1.29, 1.82) is 0 Å². The van der Waals surface area contributed by atoms with Crippen molar-refractivity contribution in [3.63, 3.8) is 0 Å². The lowest BCUT2D eigenvalue weighted by Gasteiger charge is -2.28. The molecular formula is C12H24N2OS. The first-order valence-corrected chi connectivity index (χ1v) is 7.25. The highest BCUT2D eigenvalue weighted by atomic mass is 32.2. The van der Waals surface area contributed by atoms with Gasteiger partial charge in [0, 0.05) is 23.3 Å². The Morgan fingerprint density at radius 1 is 1.50 bits per heavy atom. The fourth-order valence-corrected chi connectivity index (χ4v) is 2.20. The minimum atomic E-state index is 0.118. The molecule has 1 fully saturated rings.